The highest BCUT2D eigenvalue weighted by Crippen LogP contribution is 2.21. The number of nitrogens with zero attached hydrogens (tertiary/aromatic N) is 1. The van der Waals surface area contributed by atoms with E-state index in [-0.39, 0.29) is 5.24 Å². The van der Waals surface area contributed by atoms with E-state index in [9.17, 15) is 4.79 Å². The fourth-order valence-electron chi connectivity index (χ4n) is 1.86. The molecule has 1 fully saturated rings. The maximum atomic E-state index is 11.8. The summed E-state index contributed by atoms with van der Waals surface area (Å²) in [5.74, 6) is 0.782. The quantitative estimate of drug-likeness (QED) is 0.776. The van der Waals surface area contributed by atoms with Crippen LogP contribution in [0.15, 0.2) is 29.2 Å². The summed E-state index contributed by atoms with van der Waals surface area (Å²) in [6, 6.07) is 8.44. The van der Waals surface area contributed by atoms with Gasteiger partial charge in [-0.2, -0.15) is 0 Å². The van der Waals surface area contributed by atoms with Crippen molar-refractivity contribution < 1.29 is 4.79 Å². The zero-order chi connectivity index (χ0) is 12.1. The van der Waals surface area contributed by atoms with Crippen molar-refractivity contribution in [1.82, 2.24) is 4.90 Å². The maximum absolute atomic E-state index is 11.8. The van der Waals surface area contributed by atoms with Gasteiger partial charge in [-0.3, -0.25) is 4.79 Å². The molecule has 2 nitrogen and oxygen atoms in total. The number of carbonyl (C=O) groups excluding carboxylic acids is 1. The first-order chi connectivity index (χ1) is 8.29. The molecule has 1 aliphatic heterocycles. The summed E-state index contributed by atoms with van der Waals surface area (Å²) in [6.07, 6.45) is 4.39. The Morgan fingerprint density at radius 2 is 1.88 bits per heavy atom. The van der Waals surface area contributed by atoms with Crippen LogP contribution in [0.4, 0.5) is 4.79 Å². The molecule has 0 unspecified atom stereocenters. The average Bonchev–Trinajstić information content (AvgIpc) is 2.90. The number of likely N-dealkylation sites (tertiary alicyclic amines) is 1. The third-order valence-corrected chi connectivity index (χ3v) is 4.61. The van der Waals surface area contributed by atoms with Crippen LogP contribution in [0, 0.1) is 0 Å². The van der Waals surface area contributed by atoms with Gasteiger partial charge in [0.1, 0.15) is 0 Å². The summed E-state index contributed by atoms with van der Waals surface area (Å²) in [5, 5.41) is 0.233. The lowest BCUT2D eigenvalue weighted by Gasteiger charge is -2.14. The molecule has 0 radical (unpaired) electrons. The Labute approximate surface area is 111 Å². The number of amides is 1. The van der Waals surface area contributed by atoms with E-state index in [0.29, 0.717) is 0 Å². The highest BCUT2D eigenvalue weighted by Gasteiger charge is 2.17. The minimum absolute atomic E-state index is 0.233. The Morgan fingerprint density at radius 1 is 1.24 bits per heavy atom. The summed E-state index contributed by atoms with van der Waals surface area (Å²) >= 11 is 3.16. The second-order valence-corrected chi connectivity index (χ2v) is 5.90. The second-order valence-electron chi connectivity index (χ2n) is 4.10. The van der Waals surface area contributed by atoms with E-state index in [4.69, 9.17) is 0 Å². The van der Waals surface area contributed by atoms with Crippen molar-refractivity contribution in [2.75, 3.05) is 19.3 Å². The van der Waals surface area contributed by atoms with E-state index < -0.39 is 0 Å². The number of hydrogen-bond donors (Lipinski definition) is 0. The molecule has 1 aliphatic rings. The molecule has 92 valence electrons. The molecule has 0 bridgehead atoms. The first-order valence-electron chi connectivity index (χ1n) is 5.84. The molecule has 1 aromatic rings. The van der Waals surface area contributed by atoms with E-state index in [0.717, 1.165) is 31.7 Å². The van der Waals surface area contributed by atoms with Crippen molar-refractivity contribution in [1.29, 1.82) is 0 Å². The third-order valence-electron chi connectivity index (χ3n) is 2.89. The lowest BCUT2D eigenvalue weighted by atomic mass is 10.2. The van der Waals surface area contributed by atoms with Crippen molar-refractivity contribution in [3.8, 4) is 0 Å². The van der Waals surface area contributed by atoms with Gasteiger partial charge in [-0.05, 0) is 36.8 Å². The van der Waals surface area contributed by atoms with Crippen molar-refractivity contribution in [2.45, 2.75) is 23.5 Å². The molecule has 0 N–H and O–H groups in total. The van der Waals surface area contributed by atoms with E-state index in [2.05, 4.69) is 30.5 Å². The molecule has 1 aromatic carbocycles. The Kier molecular flexibility index (Phi) is 4.80. The Hall–Kier alpha value is -0.610. The van der Waals surface area contributed by atoms with Gasteiger partial charge in [0.2, 0.25) is 0 Å². The molecule has 1 heterocycles. The van der Waals surface area contributed by atoms with Crippen molar-refractivity contribution in [3.05, 3.63) is 29.8 Å². The summed E-state index contributed by atoms with van der Waals surface area (Å²) in [5.41, 5.74) is 1.22. The number of rotatable bonds is 3. The Morgan fingerprint density at radius 3 is 2.47 bits per heavy atom. The molecule has 1 saturated heterocycles. The topological polar surface area (TPSA) is 20.3 Å². The largest absolute Gasteiger partial charge is 0.334 e. The van der Waals surface area contributed by atoms with Crippen LogP contribution in [0.1, 0.15) is 18.4 Å². The summed E-state index contributed by atoms with van der Waals surface area (Å²) in [6.45, 7) is 1.88. The first kappa shape index (κ1) is 12.8. The number of carbonyl (C=O) groups is 1. The molecule has 17 heavy (non-hydrogen) atoms. The third kappa shape index (κ3) is 3.68. The summed E-state index contributed by atoms with van der Waals surface area (Å²) in [4.78, 5) is 15.1. The highest BCUT2D eigenvalue weighted by atomic mass is 32.2. The highest BCUT2D eigenvalue weighted by molar-refractivity contribution is 8.12. The fraction of sp³-hybridized carbons (Fsp3) is 0.462. The van der Waals surface area contributed by atoms with Gasteiger partial charge in [0.05, 0.1) is 0 Å². The van der Waals surface area contributed by atoms with Crippen molar-refractivity contribution in [2.24, 2.45) is 0 Å². The predicted octanol–water partition coefficient (Wildman–Crippen LogP) is 3.86. The average molecular weight is 267 g/mol. The Bertz CT molecular complexity index is 372. The number of thioether (sulfide) groups is 2. The zero-order valence-electron chi connectivity index (χ0n) is 10.0. The van der Waals surface area contributed by atoms with Crippen molar-refractivity contribution >= 4 is 28.8 Å². The molecule has 0 aromatic heterocycles. The zero-order valence-corrected chi connectivity index (χ0v) is 11.6. The van der Waals surface area contributed by atoms with Crippen LogP contribution in [0.25, 0.3) is 0 Å². The van der Waals surface area contributed by atoms with Crippen LogP contribution in [0.5, 0.6) is 0 Å². The minimum atomic E-state index is 0.233. The van der Waals surface area contributed by atoms with Crippen LogP contribution < -0.4 is 0 Å². The van der Waals surface area contributed by atoms with Gasteiger partial charge in [0.25, 0.3) is 5.24 Å². The van der Waals surface area contributed by atoms with Crippen LogP contribution >= 0.6 is 23.5 Å². The van der Waals surface area contributed by atoms with Crippen LogP contribution in [0.2, 0.25) is 0 Å². The molecule has 0 atom stereocenters. The van der Waals surface area contributed by atoms with Gasteiger partial charge in [-0.25, -0.2) is 0 Å². The van der Waals surface area contributed by atoms with Gasteiger partial charge in [0, 0.05) is 23.7 Å². The molecule has 4 heteroatoms. The van der Waals surface area contributed by atoms with E-state index in [1.54, 1.807) is 11.8 Å². The van der Waals surface area contributed by atoms with Gasteiger partial charge in [-0.15, -0.1) is 11.8 Å². The summed E-state index contributed by atoms with van der Waals surface area (Å²) < 4.78 is 0. The molecule has 1 amide bonds. The van der Waals surface area contributed by atoms with E-state index in [1.165, 1.54) is 22.2 Å². The number of hydrogen-bond acceptors (Lipinski definition) is 3. The molecular weight excluding hydrogens is 250 g/mol. The second kappa shape index (κ2) is 6.36. The lowest BCUT2D eigenvalue weighted by Crippen LogP contribution is -2.23. The van der Waals surface area contributed by atoms with Gasteiger partial charge in [-0.1, -0.05) is 23.9 Å². The molecule has 0 saturated carbocycles. The smallest absolute Gasteiger partial charge is 0.281 e. The molecule has 0 spiro atoms. The van der Waals surface area contributed by atoms with Crippen LogP contribution in [0.3, 0.4) is 0 Å². The monoisotopic (exact) mass is 267 g/mol. The molecular formula is C13H17NOS2. The SMILES string of the molecule is CSc1ccc(CSC(=O)N2CCCC2)cc1. The Balaban J connectivity index is 1.82. The van der Waals surface area contributed by atoms with Gasteiger partial charge < -0.3 is 4.90 Å². The van der Waals surface area contributed by atoms with Crippen LogP contribution in [-0.2, 0) is 5.75 Å². The predicted molar refractivity (Wildman–Crippen MR) is 75.7 cm³/mol. The lowest BCUT2D eigenvalue weighted by molar-refractivity contribution is 0.233. The number of benzene rings is 1. The van der Waals surface area contributed by atoms with Crippen molar-refractivity contribution in [3.63, 3.8) is 0 Å². The molecule has 2 rings (SSSR count). The minimum Gasteiger partial charge on any atom is -0.334 e. The summed E-state index contributed by atoms with van der Waals surface area (Å²) in [7, 11) is 0. The fourth-order valence-corrected chi connectivity index (χ4v) is 3.11. The maximum Gasteiger partial charge on any atom is 0.281 e. The molecule has 0 aliphatic carbocycles. The van der Waals surface area contributed by atoms with Gasteiger partial charge >= 0.3 is 0 Å². The van der Waals surface area contributed by atoms with E-state index >= 15 is 0 Å². The van der Waals surface area contributed by atoms with E-state index in [1.807, 2.05) is 4.90 Å². The first-order valence-corrected chi connectivity index (χ1v) is 8.05. The van der Waals surface area contributed by atoms with Gasteiger partial charge in [0.15, 0.2) is 0 Å². The van der Waals surface area contributed by atoms with Crippen LogP contribution in [-0.4, -0.2) is 29.5 Å². The normalized spacial score (nSPS) is 15.2. The standard InChI is InChI=1S/C13H17NOS2/c1-16-12-6-4-11(5-7-12)10-17-13(15)14-8-2-3-9-14/h4-7H,2-3,8-10H2,1H3.